The number of fused-ring (bicyclic) bond motifs is 1. The number of amides is 1. The first kappa shape index (κ1) is 22.4. The van der Waals surface area contributed by atoms with E-state index in [1.54, 1.807) is 19.2 Å². The highest BCUT2D eigenvalue weighted by atomic mass is 35.5. The topological polar surface area (TPSA) is 68.2 Å². The molecule has 2 N–H and O–H groups in total. The monoisotopic (exact) mass is 420 g/mol. The molecule has 156 valence electrons. The maximum atomic E-state index is 13.3. The van der Waals surface area contributed by atoms with E-state index in [1.807, 2.05) is 0 Å². The highest BCUT2D eigenvalue weighted by molar-refractivity contribution is 5.85. The lowest BCUT2D eigenvalue weighted by molar-refractivity contribution is -0.147. The molecule has 1 amide bonds. The van der Waals surface area contributed by atoms with Gasteiger partial charge in [-0.25, -0.2) is 4.98 Å². The average molecular weight is 421 g/mol. The van der Waals surface area contributed by atoms with Crippen LogP contribution in [0.3, 0.4) is 0 Å². The van der Waals surface area contributed by atoms with Gasteiger partial charge in [-0.15, -0.1) is 12.4 Å². The molecule has 1 saturated heterocycles. The first-order valence-electron chi connectivity index (χ1n) is 8.83. The van der Waals surface area contributed by atoms with E-state index in [0.29, 0.717) is 13.2 Å². The smallest absolute Gasteiger partial charge is 0.384 e. The van der Waals surface area contributed by atoms with Crippen molar-refractivity contribution in [3.63, 3.8) is 0 Å². The minimum absolute atomic E-state index is 0. The number of nitrogens with zero attached hydrogens (tertiary/aromatic N) is 2. The fourth-order valence-corrected chi connectivity index (χ4v) is 3.57. The van der Waals surface area contributed by atoms with Gasteiger partial charge in [-0.05, 0) is 38.1 Å². The number of halogens is 4. The minimum Gasteiger partial charge on any atom is -0.384 e. The third-order valence-corrected chi connectivity index (χ3v) is 4.99. The zero-order chi connectivity index (χ0) is 19.5. The molecule has 1 aliphatic rings. The zero-order valence-corrected chi connectivity index (χ0v) is 16.3. The van der Waals surface area contributed by atoms with E-state index in [1.165, 1.54) is 12.1 Å². The van der Waals surface area contributed by atoms with Crippen LogP contribution in [-0.4, -0.2) is 48.8 Å². The molecule has 0 spiro atoms. The summed E-state index contributed by atoms with van der Waals surface area (Å²) in [7, 11) is 1.61. The molecule has 1 aliphatic heterocycles. The van der Waals surface area contributed by atoms with E-state index in [0.717, 1.165) is 30.5 Å². The molecule has 2 aromatic rings. The van der Waals surface area contributed by atoms with Gasteiger partial charge in [0.25, 0.3) is 0 Å². The lowest BCUT2D eigenvalue weighted by Crippen LogP contribution is -2.47. The molecule has 1 fully saturated rings. The fourth-order valence-electron chi connectivity index (χ4n) is 3.57. The molecule has 28 heavy (non-hydrogen) atoms. The van der Waals surface area contributed by atoms with Crippen molar-refractivity contribution in [1.29, 1.82) is 0 Å². The van der Waals surface area contributed by atoms with Crippen molar-refractivity contribution >= 4 is 29.3 Å². The summed E-state index contributed by atoms with van der Waals surface area (Å²) in [5, 5.41) is 6.06. The van der Waals surface area contributed by atoms with Gasteiger partial charge in [-0.1, -0.05) is 12.1 Å². The van der Waals surface area contributed by atoms with Gasteiger partial charge in [0.15, 0.2) is 0 Å². The zero-order valence-electron chi connectivity index (χ0n) is 15.5. The predicted octanol–water partition coefficient (Wildman–Crippen LogP) is 2.61. The van der Waals surface area contributed by atoms with Crippen LogP contribution in [0.2, 0.25) is 0 Å². The van der Waals surface area contributed by atoms with Gasteiger partial charge in [0.05, 0.1) is 17.6 Å². The van der Waals surface area contributed by atoms with Crippen LogP contribution in [-0.2, 0) is 22.3 Å². The van der Waals surface area contributed by atoms with Gasteiger partial charge in [0.2, 0.25) is 11.7 Å². The number of ether oxygens (including phenoxy) is 1. The Morgan fingerprint density at radius 2 is 2.00 bits per heavy atom. The molecule has 6 nitrogen and oxygen atoms in total. The van der Waals surface area contributed by atoms with Crippen molar-refractivity contribution in [3.8, 4) is 0 Å². The van der Waals surface area contributed by atoms with Crippen molar-refractivity contribution < 1.29 is 22.7 Å². The van der Waals surface area contributed by atoms with E-state index in [4.69, 9.17) is 4.74 Å². The molecule has 2 heterocycles. The number of para-hydroxylation sites is 2. The number of rotatable bonds is 6. The Hall–Kier alpha value is -1.84. The third-order valence-electron chi connectivity index (χ3n) is 4.99. The first-order valence-corrected chi connectivity index (χ1v) is 8.83. The van der Waals surface area contributed by atoms with E-state index in [-0.39, 0.29) is 28.9 Å². The Balaban J connectivity index is 0.00000280. The molecule has 0 atom stereocenters. The number of carbonyl (C=O) groups excluding carboxylic acids is 1. The maximum absolute atomic E-state index is 13.3. The summed E-state index contributed by atoms with van der Waals surface area (Å²) in [6.45, 7) is 2.08. The summed E-state index contributed by atoms with van der Waals surface area (Å²) in [4.78, 5) is 16.1. The van der Waals surface area contributed by atoms with Gasteiger partial charge < -0.3 is 19.9 Å². The lowest BCUT2D eigenvalue weighted by Gasteiger charge is -2.37. The predicted molar refractivity (Wildman–Crippen MR) is 101 cm³/mol. The van der Waals surface area contributed by atoms with Gasteiger partial charge >= 0.3 is 6.18 Å². The van der Waals surface area contributed by atoms with Crippen molar-refractivity contribution in [3.05, 3.63) is 30.1 Å². The number of methoxy groups -OCH3 is 1. The second kappa shape index (κ2) is 9.11. The van der Waals surface area contributed by atoms with Gasteiger partial charge in [0.1, 0.15) is 6.54 Å². The normalized spacial score (nSPS) is 16.6. The highest BCUT2D eigenvalue weighted by Gasteiger charge is 2.38. The van der Waals surface area contributed by atoms with Gasteiger partial charge in [-0.2, -0.15) is 13.2 Å². The summed E-state index contributed by atoms with van der Waals surface area (Å²) in [6.07, 6.45) is -2.96. The molecule has 1 aromatic heterocycles. The van der Waals surface area contributed by atoms with Crippen LogP contribution in [0.1, 0.15) is 18.7 Å². The fraction of sp³-hybridized carbons (Fsp3) is 0.556. The molecule has 0 bridgehead atoms. The second-order valence-corrected chi connectivity index (χ2v) is 6.97. The molecular weight excluding hydrogens is 397 g/mol. The molecule has 3 rings (SSSR count). The van der Waals surface area contributed by atoms with Crippen LogP contribution in [0.15, 0.2) is 24.3 Å². The number of alkyl halides is 3. The number of benzene rings is 1. The molecule has 0 radical (unpaired) electrons. The standard InChI is InChI=1S/C18H23F3N4O2.ClH/c1-27-12-17(6-8-22-9-7-17)11-23-15(26)10-25-14-5-3-2-4-13(14)24-16(25)18(19,20)21;/h2-5,22H,6-12H2,1H3,(H,23,26);1H. The molecule has 0 saturated carbocycles. The van der Waals surface area contributed by atoms with Crippen molar-refractivity contribution in [2.75, 3.05) is 33.4 Å². The van der Waals surface area contributed by atoms with E-state index >= 15 is 0 Å². The summed E-state index contributed by atoms with van der Waals surface area (Å²) in [5.74, 6) is -1.54. The Bertz CT molecular complexity index is 798. The van der Waals surface area contributed by atoms with Gasteiger partial charge in [-0.3, -0.25) is 4.79 Å². The Kier molecular flexibility index (Phi) is 7.30. The number of hydrogen-bond acceptors (Lipinski definition) is 4. The van der Waals surface area contributed by atoms with Crippen LogP contribution < -0.4 is 10.6 Å². The molecule has 0 unspecified atom stereocenters. The first-order chi connectivity index (χ1) is 12.8. The lowest BCUT2D eigenvalue weighted by atomic mass is 9.79. The molecule has 10 heteroatoms. The number of aromatic nitrogens is 2. The molecule has 0 aliphatic carbocycles. The number of nitrogens with one attached hydrogen (secondary N) is 2. The Labute approximate surface area is 167 Å². The Morgan fingerprint density at radius 1 is 1.32 bits per heavy atom. The van der Waals surface area contributed by atoms with Crippen molar-refractivity contribution in [2.45, 2.75) is 25.6 Å². The average Bonchev–Trinajstić information content (AvgIpc) is 3.00. The van der Waals surface area contributed by atoms with Crippen molar-refractivity contribution in [1.82, 2.24) is 20.2 Å². The molecular formula is C18H24ClF3N4O2. The quantitative estimate of drug-likeness (QED) is 0.753. The van der Waals surface area contributed by atoms with E-state index in [9.17, 15) is 18.0 Å². The van der Waals surface area contributed by atoms with Crippen LogP contribution in [0.25, 0.3) is 11.0 Å². The largest absolute Gasteiger partial charge is 0.449 e. The summed E-state index contributed by atoms with van der Waals surface area (Å²) in [6, 6.07) is 6.28. The number of imidazole rings is 1. The van der Waals surface area contributed by atoms with Gasteiger partial charge in [0, 0.05) is 19.1 Å². The number of hydrogen-bond donors (Lipinski definition) is 2. The van der Waals surface area contributed by atoms with Crippen LogP contribution in [0.4, 0.5) is 13.2 Å². The van der Waals surface area contributed by atoms with E-state index < -0.39 is 24.5 Å². The molecule has 1 aromatic carbocycles. The van der Waals surface area contributed by atoms with Crippen LogP contribution in [0, 0.1) is 5.41 Å². The van der Waals surface area contributed by atoms with E-state index in [2.05, 4.69) is 15.6 Å². The highest BCUT2D eigenvalue weighted by Crippen LogP contribution is 2.31. The summed E-state index contributed by atoms with van der Waals surface area (Å²) < 4.78 is 46.2. The number of piperidine rings is 1. The Morgan fingerprint density at radius 3 is 2.64 bits per heavy atom. The third kappa shape index (κ3) is 4.95. The van der Waals surface area contributed by atoms with Crippen LogP contribution >= 0.6 is 12.4 Å². The maximum Gasteiger partial charge on any atom is 0.449 e. The second-order valence-electron chi connectivity index (χ2n) is 6.97. The van der Waals surface area contributed by atoms with Crippen molar-refractivity contribution in [2.24, 2.45) is 5.41 Å². The van der Waals surface area contributed by atoms with Crippen LogP contribution in [0.5, 0.6) is 0 Å². The summed E-state index contributed by atoms with van der Waals surface area (Å²) in [5.41, 5.74) is 0.305. The number of carbonyl (C=O) groups is 1. The minimum atomic E-state index is -4.63. The SMILES string of the molecule is COCC1(CNC(=O)Cn2c(C(F)(F)F)nc3ccccc32)CCNCC1.Cl. The summed E-state index contributed by atoms with van der Waals surface area (Å²) >= 11 is 0.